The molecule has 1 aromatic heterocycles. The van der Waals surface area contributed by atoms with Crippen LogP contribution in [0.2, 0.25) is 0 Å². The van der Waals surface area contributed by atoms with Gasteiger partial charge in [-0.1, -0.05) is 69.7 Å². The Kier molecular flexibility index (Phi) is 10.2. The minimum atomic E-state index is -0.988. The Hall–Kier alpha value is -3.49. The van der Waals surface area contributed by atoms with Gasteiger partial charge in [-0.15, -0.1) is 0 Å². The van der Waals surface area contributed by atoms with E-state index in [9.17, 15) is 19.5 Å². The topological polar surface area (TPSA) is 99.8 Å². The van der Waals surface area contributed by atoms with Crippen molar-refractivity contribution in [2.75, 3.05) is 14.2 Å². The lowest BCUT2D eigenvalue weighted by Gasteiger charge is -2.18. The molecule has 38 heavy (non-hydrogen) atoms. The summed E-state index contributed by atoms with van der Waals surface area (Å²) in [4.78, 5) is 38.6. The highest BCUT2D eigenvalue weighted by atomic mass is 16.7. The average molecular weight is 523 g/mol. The third kappa shape index (κ3) is 6.49. The number of rotatable bonds is 13. The summed E-state index contributed by atoms with van der Waals surface area (Å²) in [6.45, 7) is 6.49. The van der Waals surface area contributed by atoms with Crippen molar-refractivity contribution < 1.29 is 24.2 Å². The number of aromatic carboxylic acids is 1. The minimum absolute atomic E-state index is 0.227. The number of nitrogens with zero attached hydrogens (tertiary/aromatic N) is 2. The molecule has 0 spiro atoms. The van der Waals surface area contributed by atoms with Crippen molar-refractivity contribution in [3.63, 3.8) is 0 Å². The normalized spacial score (nSPS) is 11.4. The van der Waals surface area contributed by atoms with Crippen molar-refractivity contribution in [1.29, 1.82) is 0 Å². The maximum Gasteiger partial charge on any atom is 0.336 e. The second-order valence-corrected chi connectivity index (χ2v) is 9.82. The zero-order valence-electron chi connectivity index (χ0n) is 22.9. The van der Waals surface area contributed by atoms with Crippen molar-refractivity contribution >= 4 is 11.9 Å². The molecule has 0 radical (unpaired) electrons. The van der Waals surface area contributed by atoms with Gasteiger partial charge < -0.3 is 14.6 Å². The molecule has 0 fully saturated rings. The van der Waals surface area contributed by atoms with E-state index in [4.69, 9.17) is 9.47 Å². The van der Waals surface area contributed by atoms with Gasteiger partial charge in [0.2, 0.25) is 12.2 Å². The molecule has 0 atom stereocenters. The predicted octanol–water partition coefficient (Wildman–Crippen LogP) is 5.77. The molecule has 0 amide bonds. The molecular weight excluding hydrogens is 484 g/mol. The average Bonchev–Trinajstić information content (AvgIpc) is 3.18. The van der Waals surface area contributed by atoms with Gasteiger partial charge in [0.15, 0.2) is 0 Å². The van der Waals surface area contributed by atoms with Crippen LogP contribution in [0.15, 0.2) is 53.3 Å². The Morgan fingerprint density at radius 2 is 1.66 bits per heavy atom. The third-order valence-corrected chi connectivity index (χ3v) is 6.65. The Morgan fingerprint density at radius 1 is 1.00 bits per heavy atom. The molecule has 0 aliphatic heterocycles. The molecule has 1 heterocycles. The highest BCUT2D eigenvalue weighted by molar-refractivity contribution is 5.96. The van der Waals surface area contributed by atoms with Crippen LogP contribution < -0.4 is 5.69 Å². The van der Waals surface area contributed by atoms with E-state index < -0.39 is 17.9 Å². The largest absolute Gasteiger partial charge is 0.478 e. The van der Waals surface area contributed by atoms with E-state index in [1.165, 1.54) is 18.8 Å². The molecule has 0 unspecified atom stereocenters. The molecule has 8 heteroatoms. The number of ether oxygens (including phenoxy) is 2. The third-order valence-electron chi connectivity index (χ3n) is 6.65. The number of hydrogen-bond donors (Lipinski definition) is 1. The van der Waals surface area contributed by atoms with E-state index in [0.717, 1.165) is 29.7 Å². The number of benzene rings is 2. The minimum Gasteiger partial charge on any atom is -0.478 e. The first-order valence-corrected chi connectivity index (χ1v) is 13.1. The lowest BCUT2D eigenvalue weighted by atomic mass is 9.98. The van der Waals surface area contributed by atoms with E-state index in [2.05, 4.69) is 13.8 Å². The predicted molar refractivity (Wildman–Crippen MR) is 147 cm³/mol. The summed E-state index contributed by atoms with van der Waals surface area (Å²) in [6.07, 6.45) is 2.34. The maximum absolute atomic E-state index is 13.7. The first-order valence-electron chi connectivity index (χ1n) is 13.1. The standard InChI is InChI=1S/C30H38N2O6/c1-6-7-12-26(33)32-27(29(37-4)38-5)25(18-13-20(2)3)31(30(32)36)19-21-14-16-22(17-15-21)23-10-8-9-11-24(23)28(34)35/h8-11,14-17,20,29H,6-7,12-13,18-19H2,1-5H3,(H,34,35). The molecule has 0 saturated heterocycles. The fourth-order valence-electron chi connectivity index (χ4n) is 4.59. The molecule has 0 saturated carbocycles. The fourth-order valence-corrected chi connectivity index (χ4v) is 4.59. The molecule has 0 aliphatic rings. The number of imidazole rings is 1. The molecule has 2 aromatic carbocycles. The lowest BCUT2D eigenvalue weighted by molar-refractivity contribution is -0.110. The zero-order chi connectivity index (χ0) is 27.8. The van der Waals surface area contributed by atoms with Crippen LogP contribution in [0.4, 0.5) is 0 Å². The summed E-state index contributed by atoms with van der Waals surface area (Å²) in [7, 11) is 2.99. The number of carboxylic acid groups (broad SMARTS) is 1. The van der Waals surface area contributed by atoms with Gasteiger partial charge in [-0.05, 0) is 47.9 Å². The molecule has 3 rings (SSSR count). The van der Waals surface area contributed by atoms with Gasteiger partial charge in [-0.25, -0.2) is 14.2 Å². The van der Waals surface area contributed by atoms with Gasteiger partial charge in [0.1, 0.15) is 5.69 Å². The first kappa shape index (κ1) is 29.1. The fraction of sp³-hybridized carbons (Fsp3) is 0.433. The van der Waals surface area contributed by atoms with Crippen LogP contribution in [0.1, 0.15) is 84.8 Å². The summed E-state index contributed by atoms with van der Waals surface area (Å²) in [5.41, 5.74) is 3.25. The van der Waals surface area contributed by atoms with Crippen LogP contribution in [-0.4, -0.2) is 40.3 Å². The second-order valence-electron chi connectivity index (χ2n) is 9.82. The van der Waals surface area contributed by atoms with E-state index in [-0.39, 0.29) is 24.4 Å². The Balaban J connectivity index is 2.09. The maximum atomic E-state index is 13.7. The van der Waals surface area contributed by atoms with Gasteiger partial charge in [0.05, 0.1) is 12.1 Å². The van der Waals surface area contributed by atoms with Crippen LogP contribution >= 0.6 is 0 Å². The molecular formula is C30H38N2O6. The van der Waals surface area contributed by atoms with Crippen LogP contribution in [0.25, 0.3) is 11.1 Å². The quantitative estimate of drug-likeness (QED) is 0.286. The summed E-state index contributed by atoms with van der Waals surface area (Å²) in [6, 6.07) is 14.3. The van der Waals surface area contributed by atoms with Gasteiger partial charge >= 0.3 is 11.7 Å². The van der Waals surface area contributed by atoms with Crippen molar-refractivity contribution in [3.8, 4) is 11.1 Å². The van der Waals surface area contributed by atoms with Gasteiger partial charge in [-0.3, -0.25) is 9.36 Å². The number of methoxy groups -OCH3 is 2. The monoisotopic (exact) mass is 522 g/mol. The van der Waals surface area contributed by atoms with Crippen LogP contribution in [0, 0.1) is 5.92 Å². The van der Waals surface area contributed by atoms with Crippen molar-refractivity contribution in [2.24, 2.45) is 5.92 Å². The van der Waals surface area contributed by atoms with Crippen LogP contribution in [-0.2, 0) is 22.4 Å². The number of hydrogen-bond acceptors (Lipinski definition) is 5. The molecule has 0 aliphatic carbocycles. The number of carbonyl (C=O) groups excluding carboxylic acids is 1. The van der Waals surface area contributed by atoms with Gasteiger partial charge in [0, 0.05) is 26.3 Å². The number of carbonyl (C=O) groups is 2. The van der Waals surface area contributed by atoms with E-state index in [1.54, 1.807) is 28.8 Å². The smallest absolute Gasteiger partial charge is 0.336 e. The van der Waals surface area contributed by atoms with Gasteiger partial charge in [0.25, 0.3) is 0 Å². The summed E-state index contributed by atoms with van der Waals surface area (Å²) < 4.78 is 14.0. The SMILES string of the molecule is CCCCC(=O)n1c(C(OC)OC)c(CCC(C)C)n(Cc2ccc(-c3ccccc3C(=O)O)cc2)c1=O. The Labute approximate surface area is 223 Å². The lowest BCUT2D eigenvalue weighted by Crippen LogP contribution is -2.31. The van der Waals surface area contributed by atoms with E-state index in [1.807, 2.05) is 31.2 Å². The molecule has 0 bridgehead atoms. The van der Waals surface area contributed by atoms with Crippen molar-refractivity contribution in [2.45, 2.75) is 65.7 Å². The summed E-state index contributed by atoms with van der Waals surface area (Å²) in [5, 5.41) is 9.55. The van der Waals surface area contributed by atoms with Gasteiger partial charge in [-0.2, -0.15) is 0 Å². The molecule has 204 valence electrons. The Morgan fingerprint density at radius 3 is 2.24 bits per heavy atom. The number of unbranched alkanes of at least 4 members (excludes halogenated alkanes) is 1. The number of carboxylic acids is 1. The summed E-state index contributed by atoms with van der Waals surface area (Å²) in [5.74, 6) is -0.864. The zero-order valence-corrected chi connectivity index (χ0v) is 22.9. The summed E-state index contributed by atoms with van der Waals surface area (Å²) >= 11 is 0. The molecule has 1 N–H and O–H groups in total. The van der Waals surface area contributed by atoms with Crippen molar-refractivity contribution in [3.05, 3.63) is 81.5 Å². The van der Waals surface area contributed by atoms with E-state index in [0.29, 0.717) is 30.0 Å². The molecule has 8 nitrogen and oxygen atoms in total. The Bertz CT molecular complexity index is 1300. The van der Waals surface area contributed by atoms with Crippen LogP contribution in [0.5, 0.6) is 0 Å². The highest BCUT2D eigenvalue weighted by Gasteiger charge is 2.29. The number of aromatic nitrogens is 2. The van der Waals surface area contributed by atoms with Crippen molar-refractivity contribution in [1.82, 2.24) is 9.13 Å². The van der Waals surface area contributed by atoms with Crippen LogP contribution in [0.3, 0.4) is 0 Å². The first-order chi connectivity index (χ1) is 18.2. The highest BCUT2D eigenvalue weighted by Crippen LogP contribution is 2.27. The molecule has 3 aromatic rings. The second kappa shape index (κ2) is 13.3. The van der Waals surface area contributed by atoms with E-state index >= 15 is 0 Å².